The van der Waals surface area contributed by atoms with Gasteiger partial charge < -0.3 is 9.47 Å². The molecule has 0 aliphatic rings. The number of hydrogen-bond donors (Lipinski definition) is 2. The molecule has 3 N–H and O–H groups in total. The molecule has 0 rings (SSSR count). The van der Waals surface area contributed by atoms with Crippen molar-refractivity contribution in [3.63, 3.8) is 0 Å². The van der Waals surface area contributed by atoms with Crippen LogP contribution in [0.3, 0.4) is 0 Å². The summed E-state index contributed by atoms with van der Waals surface area (Å²) < 4.78 is 9.98. The Kier molecular flexibility index (Phi) is 5.06. The summed E-state index contributed by atoms with van der Waals surface area (Å²) in [5, 5.41) is 0. The van der Waals surface area contributed by atoms with Gasteiger partial charge in [0.15, 0.2) is 6.29 Å². The first-order chi connectivity index (χ1) is 5.17. The molecule has 1 unspecified atom stereocenters. The van der Waals surface area contributed by atoms with E-state index in [1.165, 1.54) is 0 Å². The molecule has 4 nitrogen and oxygen atoms in total. The Bertz CT molecular complexity index is 124. The summed E-state index contributed by atoms with van der Waals surface area (Å²) in [7, 11) is 3.11. The van der Waals surface area contributed by atoms with Gasteiger partial charge in [-0.2, -0.15) is 0 Å². The van der Waals surface area contributed by atoms with E-state index in [4.69, 9.17) is 15.3 Å². The molecular weight excluding hydrogens is 144 g/mol. The Hall–Kier alpha value is -0.420. The highest BCUT2D eigenvalue weighted by molar-refractivity contribution is 5.02. The molecule has 0 heterocycles. The van der Waals surface area contributed by atoms with E-state index in [1.54, 1.807) is 14.2 Å². The highest BCUT2D eigenvalue weighted by Gasteiger charge is 2.19. The lowest BCUT2D eigenvalue weighted by atomic mass is 10.1. The van der Waals surface area contributed by atoms with Crippen molar-refractivity contribution in [3.05, 3.63) is 12.2 Å². The van der Waals surface area contributed by atoms with Crippen LogP contribution in [0.2, 0.25) is 0 Å². The fourth-order valence-electron chi connectivity index (χ4n) is 0.822. The van der Waals surface area contributed by atoms with Crippen LogP contribution in [0.4, 0.5) is 0 Å². The van der Waals surface area contributed by atoms with E-state index in [0.717, 1.165) is 5.57 Å². The highest BCUT2D eigenvalue weighted by atomic mass is 16.7. The van der Waals surface area contributed by atoms with Gasteiger partial charge in [0.25, 0.3) is 0 Å². The highest BCUT2D eigenvalue weighted by Crippen LogP contribution is 2.06. The van der Waals surface area contributed by atoms with E-state index >= 15 is 0 Å². The first-order valence-corrected chi connectivity index (χ1v) is 3.34. The molecule has 0 saturated heterocycles. The van der Waals surface area contributed by atoms with Crippen LogP contribution in [0.25, 0.3) is 0 Å². The normalized spacial score (nSPS) is 13.5. The van der Waals surface area contributed by atoms with E-state index in [1.807, 2.05) is 6.92 Å². The molecule has 0 aromatic heterocycles. The van der Waals surface area contributed by atoms with E-state index in [2.05, 4.69) is 12.0 Å². The van der Waals surface area contributed by atoms with Crippen molar-refractivity contribution in [3.8, 4) is 0 Å². The van der Waals surface area contributed by atoms with Gasteiger partial charge >= 0.3 is 0 Å². The molecule has 11 heavy (non-hydrogen) atoms. The molecule has 0 radical (unpaired) electrons. The summed E-state index contributed by atoms with van der Waals surface area (Å²) in [6.07, 6.45) is -0.377. The lowest BCUT2D eigenvalue weighted by Gasteiger charge is -2.23. The van der Waals surface area contributed by atoms with Gasteiger partial charge in [-0.3, -0.25) is 5.84 Å². The molecule has 0 amide bonds. The van der Waals surface area contributed by atoms with Gasteiger partial charge in [-0.1, -0.05) is 12.2 Å². The van der Waals surface area contributed by atoms with Crippen molar-refractivity contribution in [2.24, 2.45) is 5.84 Å². The summed E-state index contributed by atoms with van der Waals surface area (Å²) in [5.41, 5.74) is 3.43. The van der Waals surface area contributed by atoms with Crippen molar-refractivity contribution in [1.82, 2.24) is 5.43 Å². The van der Waals surface area contributed by atoms with Crippen LogP contribution >= 0.6 is 0 Å². The van der Waals surface area contributed by atoms with Crippen LogP contribution in [0.1, 0.15) is 6.92 Å². The molecule has 0 fully saturated rings. The van der Waals surface area contributed by atoms with Crippen LogP contribution in [0, 0.1) is 0 Å². The predicted molar refractivity (Wildman–Crippen MR) is 43.7 cm³/mol. The second-order valence-corrected chi connectivity index (χ2v) is 2.33. The Morgan fingerprint density at radius 2 is 1.91 bits per heavy atom. The minimum atomic E-state index is -0.377. The lowest BCUT2D eigenvalue weighted by Crippen LogP contribution is -2.46. The van der Waals surface area contributed by atoms with Gasteiger partial charge in [0.2, 0.25) is 0 Å². The fourth-order valence-corrected chi connectivity index (χ4v) is 0.822. The second-order valence-electron chi connectivity index (χ2n) is 2.33. The van der Waals surface area contributed by atoms with E-state index in [0.29, 0.717) is 0 Å². The number of hydrogen-bond acceptors (Lipinski definition) is 4. The van der Waals surface area contributed by atoms with Crippen molar-refractivity contribution in [1.29, 1.82) is 0 Å². The van der Waals surface area contributed by atoms with Crippen LogP contribution in [0.5, 0.6) is 0 Å². The van der Waals surface area contributed by atoms with Crippen molar-refractivity contribution in [2.75, 3.05) is 14.2 Å². The molecule has 0 spiro atoms. The van der Waals surface area contributed by atoms with Gasteiger partial charge in [0.1, 0.15) is 0 Å². The number of hydrazine groups is 1. The first-order valence-electron chi connectivity index (χ1n) is 3.34. The zero-order valence-corrected chi connectivity index (χ0v) is 7.26. The fraction of sp³-hybridized carbons (Fsp3) is 0.714. The number of nitrogens with one attached hydrogen (secondary N) is 1. The van der Waals surface area contributed by atoms with Gasteiger partial charge in [-0.25, -0.2) is 5.43 Å². The quantitative estimate of drug-likeness (QED) is 0.257. The van der Waals surface area contributed by atoms with Crippen molar-refractivity contribution >= 4 is 0 Å². The van der Waals surface area contributed by atoms with Crippen LogP contribution in [0.15, 0.2) is 12.2 Å². The zero-order valence-electron chi connectivity index (χ0n) is 7.26. The van der Waals surface area contributed by atoms with E-state index in [-0.39, 0.29) is 12.3 Å². The maximum atomic E-state index is 5.25. The third-order valence-corrected chi connectivity index (χ3v) is 1.45. The minimum absolute atomic E-state index is 0.162. The summed E-state index contributed by atoms with van der Waals surface area (Å²) in [5.74, 6) is 5.25. The summed E-state index contributed by atoms with van der Waals surface area (Å²) in [6.45, 7) is 5.60. The third-order valence-electron chi connectivity index (χ3n) is 1.45. The molecule has 0 aromatic carbocycles. The topological polar surface area (TPSA) is 56.5 Å². The molecule has 0 aromatic rings. The first kappa shape index (κ1) is 10.6. The second kappa shape index (κ2) is 5.26. The Morgan fingerprint density at radius 3 is 2.00 bits per heavy atom. The summed E-state index contributed by atoms with van der Waals surface area (Å²) in [6, 6.07) is -0.162. The number of rotatable bonds is 5. The van der Waals surface area contributed by atoms with Gasteiger partial charge in [-0.05, 0) is 6.92 Å². The molecule has 0 aliphatic carbocycles. The van der Waals surface area contributed by atoms with Crippen molar-refractivity contribution < 1.29 is 9.47 Å². The number of ether oxygens (including phenoxy) is 2. The zero-order chi connectivity index (χ0) is 8.85. The Balaban J connectivity index is 4.09. The van der Waals surface area contributed by atoms with Crippen molar-refractivity contribution in [2.45, 2.75) is 19.3 Å². The van der Waals surface area contributed by atoms with E-state index < -0.39 is 0 Å². The summed E-state index contributed by atoms with van der Waals surface area (Å²) >= 11 is 0. The Morgan fingerprint density at radius 1 is 1.45 bits per heavy atom. The minimum Gasteiger partial charge on any atom is -0.354 e. The molecule has 0 aliphatic heterocycles. The van der Waals surface area contributed by atoms with Gasteiger partial charge in [0, 0.05) is 14.2 Å². The summed E-state index contributed by atoms with van der Waals surface area (Å²) in [4.78, 5) is 0. The maximum Gasteiger partial charge on any atom is 0.177 e. The SMILES string of the molecule is C=C(C)C(NN)C(OC)OC. The molecule has 0 saturated carbocycles. The predicted octanol–water partition coefficient (Wildman–Crippen LogP) is 0.0133. The standard InChI is InChI=1S/C7H16N2O2/c1-5(2)6(9-8)7(10-3)11-4/h6-7,9H,1,8H2,2-4H3. The molecule has 1 atom stereocenters. The van der Waals surface area contributed by atoms with Gasteiger partial charge in [-0.15, -0.1) is 0 Å². The molecule has 0 bridgehead atoms. The van der Waals surface area contributed by atoms with Crippen LogP contribution in [-0.4, -0.2) is 26.6 Å². The lowest BCUT2D eigenvalue weighted by molar-refractivity contribution is -0.115. The van der Waals surface area contributed by atoms with Crippen LogP contribution < -0.4 is 11.3 Å². The number of nitrogens with two attached hydrogens (primary N) is 1. The molecular formula is C7H16N2O2. The van der Waals surface area contributed by atoms with E-state index in [9.17, 15) is 0 Å². The van der Waals surface area contributed by atoms with Gasteiger partial charge in [0.05, 0.1) is 6.04 Å². The maximum absolute atomic E-state index is 5.25. The average Bonchev–Trinajstić information content (AvgIpc) is 1.99. The molecule has 66 valence electrons. The largest absolute Gasteiger partial charge is 0.354 e. The number of methoxy groups -OCH3 is 2. The monoisotopic (exact) mass is 160 g/mol. The average molecular weight is 160 g/mol. The van der Waals surface area contributed by atoms with Crippen LogP contribution in [-0.2, 0) is 9.47 Å². The Labute approximate surface area is 67.3 Å². The smallest absolute Gasteiger partial charge is 0.177 e. The third kappa shape index (κ3) is 2.98. The molecule has 4 heteroatoms.